The van der Waals surface area contributed by atoms with Crippen LogP contribution in [0.5, 0.6) is 5.75 Å². The number of piperazine rings is 2. The Kier molecular flexibility index (Phi) is 13.9. The Morgan fingerprint density at radius 1 is 0.768 bits per heavy atom. The van der Waals surface area contributed by atoms with Gasteiger partial charge in [-0.1, -0.05) is 73.7 Å². The molecule has 0 aromatic heterocycles. The number of anilines is 1. The highest BCUT2D eigenvalue weighted by atomic mass is 16.5. The average molecular weight is 753 g/mol. The van der Waals surface area contributed by atoms with Gasteiger partial charge in [-0.15, -0.1) is 0 Å². The summed E-state index contributed by atoms with van der Waals surface area (Å²) in [6, 6.07) is 34.9. The number of amides is 3. The van der Waals surface area contributed by atoms with Crippen molar-refractivity contribution in [1.82, 2.24) is 19.6 Å². The van der Waals surface area contributed by atoms with Gasteiger partial charge in [0.05, 0.1) is 18.2 Å². The molecule has 4 aromatic rings. The van der Waals surface area contributed by atoms with Crippen LogP contribution >= 0.6 is 0 Å². The predicted octanol–water partition coefficient (Wildman–Crippen LogP) is 6.01. The second-order valence-corrected chi connectivity index (χ2v) is 14.5. The summed E-state index contributed by atoms with van der Waals surface area (Å²) in [6.45, 7) is 10.7. The van der Waals surface area contributed by atoms with Crippen molar-refractivity contribution in [1.29, 1.82) is 5.26 Å². The van der Waals surface area contributed by atoms with Gasteiger partial charge in [-0.3, -0.25) is 19.3 Å². The van der Waals surface area contributed by atoms with E-state index in [0.29, 0.717) is 57.9 Å². The molecular weight excluding hydrogens is 701 g/mol. The molecule has 0 spiro atoms. The van der Waals surface area contributed by atoms with E-state index in [-0.39, 0.29) is 24.3 Å². The highest BCUT2D eigenvalue weighted by molar-refractivity contribution is 5.96. The number of ether oxygens (including phenoxy) is 1. The van der Waals surface area contributed by atoms with Crippen LogP contribution in [0.25, 0.3) is 6.08 Å². The molecular formula is C46H52N6O4. The van der Waals surface area contributed by atoms with Crippen LogP contribution in [0.15, 0.2) is 109 Å². The van der Waals surface area contributed by atoms with Crippen LogP contribution in [0.4, 0.5) is 5.69 Å². The van der Waals surface area contributed by atoms with E-state index in [4.69, 9.17) is 4.74 Å². The maximum Gasteiger partial charge on any atom is 0.247 e. The lowest BCUT2D eigenvalue weighted by atomic mass is 10.0. The van der Waals surface area contributed by atoms with Crippen molar-refractivity contribution in [3.8, 4) is 11.8 Å². The van der Waals surface area contributed by atoms with Crippen LogP contribution in [0, 0.1) is 11.3 Å². The summed E-state index contributed by atoms with van der Waals surface area (Å²) in [5.74, 6) is 0.577. The molecule has 2 aliphatic heterocycles. The molecule has 2 saturated heterocycles. The Bertz CT molecular complexity index is 1960. The average Bonchev–Trinajstić information content (AvgIpc) is 3.24. The summed E-state index contributed by atoms with van der Waals surface area (Å²) >= 11 is 0. The van der Waals surface area contributed by atoms with E-state index in [1.807, 2.05) is 101 Å². The van der Waals surface area contributed by atoms with Gasteiger partial charge in [0, 0.05) is 90.6 Å². The normalized spacial score (nSPS) is 15.3. The van der Waals surface area contributed by atoms with Crippen LogP contribution in [0.2, 0.25) is 0 Å². The summed E-state index contributed by atoms with van der Waals surface area (Å²) in [4.78, 5) is 51.1. The molecule has 2 aliphatic rings. The van der Waals surface area contributed by atoms with Crippen LogP contribution < -0.4 is 9.64 Å². The maximum absolute atomic E-state index is 14.7. The van der Waals surface area contributed by atoms with E-state index in [1.165, 1.54) is 0 Å². The molecule has 56 heavy (non-hydrogen) atoms. The van der Waals surface area contributed by atoms with Crippen molar-refractivity contribution in [2.24, 2.45) is 0 Å². The summed E-state index contributed by atoms with van der Waals surface area (Å²) < 4.78 is 5.74. The van der Waals surface area contributed by atoms with Crippen LogP contribution in [0.3, 0.4) is 0 Å². The third kappa shape index (κ3) is 10.9. The predicted molar refractivity (Wildman–Crippen MR) is 220 cm³/mol. The molecule has 2 fully saturated rings. The van der Waals surface area contributed by atoms with Crippen molar-refractivity contribution >= 4 is 29.5 Å². The molecule has 2 heterocycles. The zero-order chi connectivity index (χ0) is 39.3. The molecule has 6 rings (SSSR count). The molecule has 3 amide bonds. The lowest BCUT2D eigenvalue weighted by Gasteiger charge is -2.39. The van der Waals surface area contributed by atoms with Gasteiger partial charge in [0.15, 0.2) is 0 Å². The first-order valence-corrected chi connectivity index (χ1v) is 19.6. The Morgan fingerprint density at radius 3 is 2.04 bits per heavy atom. The Labute approximate surface area is 331 Å². The Hall–Kier alpha value is -5.92. The minimum Gasteiger partial charge on any atom is -0.494 e. The first-order valence-electron chi connectivity index (χ1n) is 19.6. The van der Waals surface area contributed by atoms with E-state index < -0.39 is 6.04 Å². The number of hydrogen-bond donors (Lipinski definition) is 0. The topological polar surface area (TPSA) is 100 Å². The van der Waals surface area contributed by atoms with Gasteiger partial charge in [-0.2, -0.15) is 5.26 Å². The van der Waals surface area contributed by atoms with Crippen molar-refractivity contribution in [2.45, 2.75) is 45.8 Å². The molecule has 0 aliphatic carbocycles. The lowest BCUT2D eigenvalue weighted by molar-refractivity contribution is -0.145. The second kappa shape index (κ2) is 19.6. The highest BCUT2D eigenvalue weighted by Crippen LogP contribution is 2.23. The van der Waals surface area contributed by atoms with Crippen LogP contribution in [-0.4, -0.2) is 102 Å². The van der Waals surface area contributed by atoms with Gasteiger partial charge in [-0.25, -0.2) is 0 Å². The monoisotopic (exact) mass is 752 g/mol. The second-order valence-electron chi connectivity index (χ2n) is 14.5. The van der Waals surface area contributed by atoms with Crippen molar-refractivity contribution in [3.05, 3.63) is 137 Å². The van der Waals surface area contributed by atoms with Gasteiger partial charge >= 0.3 is 0 Å². The molecule has 0 unspecified atom stereocenters. The zero-order valence-corrected chi connectivity index (χ0v) is 32.6. The molecule has 10 heteroatoms. The van der Waals surface area contributed by atoms with Crippen molar-refractivity contribution in [3.63, 3.8) is 0 Å². The molecule has 0 radical (unpaired) electrons. The third-order valence-electron chi connectivity index (χ3n) is 10.5. The number of nitriles is 1. The van der Waals surface area contributed by atoms with Gasteiger partial charge < -0.3 is 24.3 Å². The molecule has 10 nitrogen and oxygen atoms in total. The molecule has 290 valence electrons. The lowest BCUT2D eigenvalue weighted by Crippen LogP contribution is -2.56. The first kappa shape index (κ1) is 39.8. The van der Waals surface area contributed by atoms with Crippen LogP contribution in [-0.2, 0) is 33.9 Å². The highest BCUT2D eigenvalue weighted by Gasteiger charge is 2.34. The summed E-state index contributed by atoms with van der Waals surface area (Å²) in [5, 5.41) is 9.18. The van der Waals surface area contributed by atoms with E-state index in [9.17, 15) is 19.6 Å². The number of rotatable bonds is 14. The van der Waals surface area contributed by atoms with Crippen molar-refractivity contribution < 1.29 is 19.1 Å². The van der Waals surface area contributed by atoms with E-state index >= 15 is 0 Å². The fourth-order valence-electron chi connectivity index (χ4n) is 7.24. The summed E-state index contributed by atoms with van der Waals surface area (Å²) in [7, 11) is 0. The summed E-state index contributed by atoms with van der Waals surface area (Å²) in [6.07, 6.45) is 4.68. The first-order chi connectivity index (χ1) is 27.3. The van der Waals surface area contributed by atoms with Gasteiger partial charge in [-0.05, 0) is 71.1 Å². The minimum absolute atomic E-state index is 0.0639. The minimum atomic E-state index is -0.733. The van der Waals surface area contributed by atoms with Crippen LogP contribution in [0.1, 0.15) is 48.1 Å². The number of hydrogen-bond acceptors (Lipinski definition) is 7. The fourth-order valence-corrected chi connectivity index (χ4v) is 7.24. The molecule has 0 saturated carbocycles. The molecule has 0 bridgehead atoms. The van der Waals surface area contributed by atoms with Crippen molar-refractivity contribution in [2.75, 3.05) is 63.9 Å². The number of carbonyl (C=O) groups excluding carboxylic acids is 3. The smallest absolute Gasteiger partial charge is 0.247 e. The zero-order valence-electron chi connectivity index (χ0n) is 32.6. The van der Waals surface area contributed by atoms with E-state index in [2.05, 4.69) is 34.9 Å². The number of benzene rings is 4. The summed E-state index contributed by atoms with van der Waals surface area (Å²) in [5.41, 5.74) is 5.60. The van der Waals surface area contributed by atoms with E-state index in [0.717, 1.165) is 59.7 Å². The number of nitrogens with zero attached hydrogens (tertiary/aromatic N) is 6. The Morgan fingerprint density at radius 2 is 1.41 bits per heavy atom. The maximum atomic E-state index is 14.7. The van der Waals surface area contributed by atoms with Gasteiger partial charge in [0.25, 0.3) is 0 Å². The molecule has 0 N–H and O–H groups in total. The largest absolute Gasteiger partial charge is 0.494 e. The van der Waals surface area contributed by atoms with Gasteiger partial charge in [0.1, 0.15) is 11.8 Å². The Balaban J connectivity index is 1.23. The van der Waals surface area contributed by atoms with E-state index in [1.54, 1.807) is 24.0 Å². The number of carbonyl (C=O) groups is 3. The standard InChI is InChI=1S/C46H52N6O4/c1-3-31-56-43-20-15-37(16-21-43)17-22-45(54)52(35-41-13-18-42(19-14-41)50-29-27-49(28-30-50)36(2)53)44(32-38-7-5-4-6-8-38)46(55)51-25-23-48(24-26-51)34-40-11-9-39(33-47)10-12-40/h4-22,44H,3,23-32,34-35H2,1-2H3/t44-/m0/s1. The molecule has 1 atom stereocenters. The third-order valence-corrected chi connectivity index (χ3v) is 10.5. The quantitative estimate of drug-likeness (QED) is 0.146. The molecule has 4 aromatic carbocycles. The fraction of sp³-hybridized carbons (Fsp3) is 0.348. The SMILES string of the molecule is CCCOc1ccc(C=CC(=O)N(Cc2ccc(N3CCN(C(C)=O)CC3)cc2)[C@@H](Cc2ccccc2)C(=O)N2CCN(Cc3ccc(C#N)cc3)CC2)cc1. The van der Waals surface area contributed by atoms with Gasteiger partial charge in [0.2, 0.25) is 17.7 Å².